The molecule has 1 atom stereocenters. The highest BCUT2D eigenvalue weighted by Crippen LogP contribution is 2.33. The molecule has 0 spiro atoms. The molecular weight excluding hydrogens is 422 g/mol. The van der Waals surface area contributed by atoms with Crippen molar-refractivity contribution in [3.63, 3.8) is 0 Å². The fourth-order valence-corrected chi connectivity index (χ4v) is 3.80. The fourth-order valence-electron chi connectivity index (χ4n) is 3.80. The number of hydrogen-bond acceptors (Lipinski definition) is 2. The molecule has 4 rings (SSSR count). The van der Waals surface area contributed by atoms with Gasteiger partial charge in [0, 0.05) is 17.2 Å². The van der Waals surface area contributed by atoms with E-state index in [-0.39, 0.29) is 17.4 Å². The maximum atomic E-state index is 13.7. The van der Waals surface area contributed by atoms with E-state index in [1.807, 2.05) is 30.3 Å². The van der Waals surface area contributed by atoms with Gasteiger partial charge in [0.1, 0.15) is 5.82 Å². The summed E-state index contributed by atoms with van der Waals surface area (Å²) in [7, 11) is 0. The summed E-state index contributed by atoms with van der Waals surface area (Å²) in [5.41, 5.74) is 4.99. The van der Waals surface area contributed by atoms with Crippen LogP contribution in [0.15, 0.2) is 77.9 Å². The Bertz CT molecular complexity index is 1140. The van der Waals surface area contributed by atoms with Crippen molar-refractivity contribution in [2.24, 2.45) is 5.10 Å². The fraction of sp³-hybridized carbons (Fsp3) is 0.167. The predicted molar refractivity (Wildman–Crippen MR) is 114 cm³/mol. The van der Waals surface area contributed by atoms with E-state index in [1.165, 1.54) is 24.3 Å². The third-order valence-electron chi connectivity index (χ3n) is 5.33. The Labute approximate surface area is 182 Å². The normalized spacial score (nSPS) is 17.0. The first-order valence-corrected chi connectivity index (χ1v) is 9.97. The zero-order valence-corrected chi connectivity index (χ0v) is 16.8. The lowest BCUT2D eigenvalue weighted by atomic mass is 9.78. The molecule has 32 heavy (non-hydrogen) atoms. The van der Waals surface area contributed by atoms with Gasteiger partial charge in [-0.15, -0.1) is 0 Å². The summed E-state index contributed by atoms with van der Waals surface area (Å²) in [6.07, 6.45) is -3.09. The Balaban J connectivity index is 1.56. The molecule has 0 fully saturated rings. The minimum absolute atomic E-state index is 0.0967. The van der Waals surface area contributed by atoms with Crippen molar-refractivity contribution >= 4 is 17.4 Å². The van der Waals surface area contributed by atoms with Gasteiger partial charge in [0.05, 0.1) is 11.3 Å². The van der Waals surface area contributed by atoms with Crippen molar-refractivity contribution in [2.45, 2.75) is 24.9 Å². The Morgan fingerprint density at radius 1 is 0.969 bits per heavy atom. The monoisotopic (exact) mass is 441 g/mol. The number of aryl methyl sites for hydroxylation is 1. The van der Waals surface area contributed by atoms with E-state index < -0.39 is 17.8 Å². The average molecular weight is 441 g/mol. The number of benzene rings is 3. The van der Waals surface area contributed by atoms with Crippen LogP contribution in [0.4, 0.5) is 28.0 Å². The number of nitrogens with zero attached hydrogens (tertiary/aromatic N) is 1. The van der Waals surface area contributed by atoms with E-state index >= 15 is 0 Å². The lowest BCUT2D eigenvalue weighted by molar-refractivity contribution is -0.137. The van der Waals surface area contributed by atoms with Crippen LogP contribution in [0.5, 0.6) is 0 Å². The van der Waals surface area contributed by atoms with Gasteiger partial charge >= 0.3 is 12.2 Å². The number of urea groups is 1. The van der Waals surface area contributed by atoms with Crippen LogP contribution in [-0.2, 0) is 12.6 Å². The third kappa shape index (κ3) is 4.80. The van der Waals surface area contributed by atoms with E-state index in [1.54, 1.807) is 6.07 Å². The van der Waals surface area contributed by atoms with Gasteiger partial charge in [0.15, 0.2) is 0 Å². The van der Waals surface area contributed by atoms with Crippen LogP contribution in [0, 0.1) is 5.82 Å². The zero-order chi connectivity index (χ0) is 22.7. The maximum Gasteiger partial charge on any atom is 0.416 e. The third-order valence-corrected chi connectivity index (χ3v) is 5.33. The van der Waals surface area contributed by atoms with Gasteiger partial charge < -0.3 is 5.32 Å². The van der Waals surface area contributed by atoms with E-state index in [2.05, 4.69) is 15.8 Å². The lowest BCUT2D eigenvalue weighted by Gasteiger charge is -2.27. The number of carbonyl (C=O) groups is 1. The summed E-state index contributed by atoms with van der Waals surface area (Å²) in [5.74, 6) is -0.435. The molecule has 8 heteroatoms. The molecule has 0 aromatic heterocycles. The standard InChI is InChI=1S/C24H19F4N3O/c25-18-9-13-21-16(14-18)6-12-20(15-4-2-1-3-5-15)22(21)30-31-23(32)29-19-10-7-17(8-11-19)24(26,27)28/h1-5,7-11,13-14,20H,6,12H2,(H2,29,31,32). The van der Waals surface area contributed by atoms with Crippen LogP contribution in [0.2, 0.25) is 0 Å². The number of amides is 2. The molecule has 0 saturated heterocycles. The number of carbonyl (C=O) groups excluding carboxylic acids is 1. The number of alkyl halides is 3. The Morgan fingerprint density at radius 2 is 1.69 bits per heavy atom. The Hall–Kier alpha value is -3.68. The molecule has 4 nitrogen and oxygen atoms in total. The first-order valence-electron chi connectivity index (χ1n) is 9.97. The lowest BCUT2D eigenvalue weighted by Crippen LogP contribution is -2.29. The van der Waals surface area contributed by atoms with Gasteiger partial charge in [-0.3, -0.25) is 0 Å². The number of rotatable bonds is 3. The number of anilines is 1. The van der Waals surface area contributed by atoms with Crippen molar-refractivity contribution in [3.8, 4) is 0 Å². The first kappa shape index (κ1) is 21.5. The Kier molecular flexibility index (Phi) is 5.94. The summed E-state index contributed by atoms with van der Waals surface area (Å²) in [4.78, 5) is 12.3. The molecule has 1 aliphatic carbocycles. The van der Waals surface area contributed by atoms with Crippen molar-refractivity contribution in [1.29, 1.82) is 0 Å². The minimum Gasteiger partial charge on any atom is -0.307 e. The van der Waals surface area contributed by atoms with E-state index in [4.69, 9.17) is 0 Å². The molecule has 0 aliphatic heterocycles. The minimum atomic E-state index is -4.45. The van der Waals surface area contributed by atoms with Crippen LogP contribution in [0.3, 0.4) is 0 Å². The molecule has 3 aromatic carbocycles. The molecule has 3 aromatic rings. The molecule has 0 radical (unpaired) electrons. The van der Waals surface area contributed by atoms with E-state index in [0.29, 0.717) is 18.6 Å². The predicted octanol–water partition coefficient (Wildman–Crippen LogP) is 6.10. The summed E-state index contributed by atoms with van der Waals surface area (Å²) < 4.78 is 51.8. The zero-order valence-electron chi connectivity index (χ0n) is 16.8. The quantitative estimate of drug-likeness (QED) is 0.375. The molecule has 1 unspecified atom stereocenters. The number of halogens is 4. The van der Waals surface area contributed by atoms with Crippen LogP contribution in [-0.4, -0.2) is 11.7 Å². The second-order valence-corrected chi connectivity index (χ2v) is 7.44. The number of hydrogen-bond donors (Lipinski definition) is 2. The number of hydrazone groups is 1. The number of nitrogens with one attached hydrogen (secondary N) is 2. The van der Waals surface area contributed by atoms with Gasteiger partial charge in [-0.2, -0.15) is 18.3 Å². The van der Waals surface area contributed by atoms with Crippen molar-refractivity contribution in [1.82, 2.24) is 5.43 Å². The second-order valence-electron chi connectivity index (χ2n) is 7.44. The highest BCUT2D eigenvalue weighted by atomic mass is 19.4. The van der Waals surface area contributed by atoms with Crippen LogP contribution >= 0.6 is 0 Å². The van der Waals surface area contributed by atoms with Crippen molar-refractivity contribution in [2.75, 3.05) is 5.32 Å². The van der Waals surface area contributed by atoms with Gasteiger partial charge in [-0.1, -0.05) is 30.3 Å². The van der Waals surface area contributed by atoms with Gasteiger partial charge in [-0.05, 0) is 66.4 Å². The SMILES string of the molecule is O=C(NN=C1c2ccc(F)cc2CCC1c1ccccc1)Nc1ccc(C(F)(F)F)cc1. The summed E-state index contributed by atoms with van der Waals surface area (Å²) in [5, 5.41) is 6.78. The molecular formula is C24H19F4N3O. The topological polar surface area (TPSA) is 53.5 Å². The molecule has 1 aliphatic rings. The molecule has 0 saturated carbocycles. The van der Waals surface area contributed by atoms with E-state index in [0.717, 1.165) is 28.8 Å². The summed E-state index contributed by atoms with van der Waals surface area (Å²) in [6.45, 7) is 0. The summed E-state index contributed by atoms with van der Waals surface area (Å²) >= 11 is 0. The highest BCUT2D eigenvalue weighted by Gasteiger charge is 2.30. The molecule has 164 valence electrons. The number of fused-ring (bicyclic) bond motifs is 1. The van der Waals surface area contributed by atoms with E-state index in [9.17, 15) is 22.4 Å². The molecule has 2 N–H and O–H groups in total. The van der Waals surface area contributed by atoms with Crippen molar-refractivity contribution in [3.05, 3.63) is 101 Å². The smallest absolute Gasteiger partial charge is 0.307 e. The average Bonchev–Trinajstić information content (AvgIpc) is 2.77. The van der Waals surface area contributed by atoms with Crippen LogP contribution in [0.25, 0.3) is 0 Å². The van der Waals surface area contributed by atoms with Crippen molar-refractivity contribution < 1.29 is 22.4 Å². The first-order chi connectivity index (χ1) is 15.3. The molecule has 2 amide bonds. The van der Waals surface area contributed by atoms with Gasteiger partial charge in [0.25, 0.3) is 0 Å². The second kappa shape index (κ2) is 8.82. The summed E-state index contributed by atoms with van der Waals surface area (Å²) in [6, 6.07) is 17.6. The molecule has 0 bridgehead atoms. The van der Waals surface area contributed by atoms with Crippen LogP contribution in [0.1, 0.15) is 34.6 Å². The van der Waals surface area contributed by atoms with Gasteiger partial charge in [0.2, 0.25) is 0 Å². The van der Waals surface area contributed by atoms with Gasteiger partial charge in [-0.25, -0.2) is 14.6 Å². The molecule has 0 heterocycles. The Morgan fingerprint density at radius 3 is 2.38 bits per heavy atom. The largest absolute Gasteiger partial charge is 0.416 e. The maximum absolute atomic E-state index is 13.7. The highest BCUT2D eigenvalue weighted by molar-refractivity contribution is 6.07. The van der Waals surface area contributed by atoms with Crippen LogP contribution < -0.4 is 10.7 Å².